The average molecular weight is 262 g/mol. The van der Waals surface area contributed by atoms with Crippen LogP contribution < -0.4 is 4.74 Å². The fourth-order valence-electron chi connectivity index (χ4n) is 2.82. The summed E-state index contributed by atoms with van der Waals surface area (Å²) in [7, 11) is 0. The van der Waals surface area contributed by atoms with Crippen LogP contribution in [0.15, 0.2) is 0 Å². The van der Waals surface area contributed by atoms with E-state index in [1.165, 1.54) is 0 Å². The van der Waals surface area contributed by atoms with E-state index in [9.17, 15) is 9.90 Å². The van der Waals surface area contributed by atoms with E-state index in [2.05, 4.69) is 0 Å². The normalized spacial score (nSPS) is 21.7. The van der Waals surface area contributed by atoms with E-state index in [4.69, 9.17) is 4.74 Å². The number of benzene rings is 1. The van der Waals surface area contributed by atoms with Crippen LogP contribution in [0.25, 0.3) is 0 Å². The number of carbonyl (C=O) groups excluding carboxylic acids is 1. The van der Waals surface area contributed by atoms with Crippen LogP contribution in [-0.4, -0.2) is 16.5 Å². The van der Waals surface area contributed by atoms with Gasteiger partial charge in [-0.1, -0.05) is 6.92 Å². The summed E-state index contributed by atoms with van der Waals surface area (Å²) in [6.45, 7) is 9.48. The molecule has 0 aromatic heterocycles. The highest BCUT2D eigenvalue weighted by Gasteiger charge is 2.39. The zero-order chi connectivity index (χ0) is 14.4. The number of phenols is 1. The molecule has 19 heavy (non-hydrogen) atoms. The van der Waals surface area contributed by atoms with Crippen LogP contribution in [0.2, 0.25) is 0 Å². The summed E-state index contributed by atoms with van der Waals surface area (Å²) in [5.41, 5.74) is 2.98. The molecule has 2 rings (SSSR count). The molecule has 104 valence electrons. The minimum Gasteiger partial charge on any atom is -0.507 e. The smallest absolute Gasteiger partial charge is 0.175 e. The minimum absolute atomic E-state index is 0.140. The minimum atomic E-state index is -0.720. The summed E-state index contributed by atoms with van der Waals surface area (Å²) in [6, 6.07) is 0. The van der Waals surface area contributed by atoms with Crippen LogP contribution in [0.5, 0.6) is 11.5 Å². The van der Waals surface area contributed by atoms with E-state index < -0.39 is 5.60 Å². The van der Waals surface area contributed by atoms with Crippen molar-refractivity contribution in [2.45, 2.75) is 59.5 Å². The van der Waals surface area contributed by atoms with Crippen molar-refractivity contribution in [2.75, 3.05) is 0 Å². The number of hydrogen-bond donors (Lipinski definition) is 1. The lowest BCUT2D eigenvalue weighted by atomic mass is 9.84. The van der Waals surface area contributed by atoms with Crippen molar-refractivity contribution in [3.8, 4) is 11.5 Å². The first-order chi connectivity index (χ1) is 8.81. The van der Waals surface area contributed by atoms with E-state index in [1.54, 1.807) is 0 Å². The standard InChI is InChI=1S/C16H22O3/c1-6-13(17)16(5)8-7-12-11(4)14(18)9(2)10(3)15(12)19-16/h18H,6-8H2,1-5H3/t16-/m1/s1. The van der Waals surface area contributed by atoms with Gasteiger partial charge >= 0.3 is 0 Å². The Bertz CT molecular complexity index is 546. The number of aromatic hydroxyl groups is 1. The Balaban J connectivity index is 2.55. The molecule has 0 amide bonds. The average Bonchev–Trinajstić information content (AvgIpc) is 2.41. The molecule has 1 atom stereocenters. The molecule has 0 bridgehead atoms. The maximum absolute atomic E-state index is 12.1. The number of carbonyl (C=O) groups is 1. The fourth-order valence-corrected chi connectivity index (χ4v) is 2.82. The second-order valence-corrected chi connectivity index (χ2v) is 5.64. The maximum Gasteiger partial charge on any atom is 0.175 e. The Morgan fingerprint density at radius 1 is 1.26 bits per heavy atom. The molecule has 0 saturated heterocycles. The van der Waals surface area contributed by atoms with Gasteiger partial charge in [0.2, 0.25) is 0 Å². The third kappa shape index (κ3) is 2.01. The van der Waals surface area contributed by atoms with Gasteiger partial charge in [-0.05, 0) is 57.2 Å². The highest BCUT2D eigenvalue weighted by atomic mass is 16.5. The second-order valence-electron chi connectivity index (χ2n) is 5.64. The Hall–Kier alpha value is -1.51. The zero-order valence-corrected chi connectivity index (χ0v) is 12.4. The van der Waals surface area contributed by atoms with Gasteiger partial charge in [0.1, 0.15) is 11.5 Å². The van der Waals surface area contributed by atoms with Gasteiger partial charge < -0.3 is 9.84 Å². The lowest BCUT2D eigenvalue weighted by Crippen LogP contribution is -2.44. The van der Waals surface area contributed by atoms with Crippen LogP contribution >= 0.6 is 0 Å². The molecule has 1 aliphatic heterocycles. The molecule has 0 aliphatic carbocycles. The summed E-state index contributed by atoms with van der Waals surface area (Å²) in [4.78, 5) is 12.1. The zero-order valence-electron chi connectivity index (χ0n) is 12.4. The molecule has 1 aromatic rings. The van der Waals surface area contributed by atoms with Gasteiger partial charge in [0.05, 0.1) is 0 Å². The topological polar surface area (TPSA) is 46.5 Å². The van der Waals surface area contributed by atoms with Crippen molar-refractivity contribution < 1.29 is 14.6 Å². The number of ketones is 1. The predicted molar refractivity (Wildman–Crippen MR) is 75.0 cm³/mol. The van der Waals surface area contributed by atoms with E-state index in [0.29, 0.717) is 18.6 Å². The van der Waals surface area contributed by atoms with Gasteiger partial charge in [0, 0.05) is 12.0 Å². The van der Waals surface area contributed by atoms with Gasteiger partial charge in [-0.25, -0.2) is 0 Å². The molecular formula is C16H22O3. The number of ether oxygens (including phenoxy) is 1. The number of phenolic OH excluding ortho intramolecular Hbond substituents is 1. The van der Waals surface area contributed by atoms with Gasteiger partial charge in [0.15, 0.2) is 11.4 Å². The first kappa shape index (κ1) is 13.9. The van der Waals surface area contributed by atoms with Crippen molar-refractivity contribution >= 4 is 5.78 Å². The SMILES string of the molecule is CCC(=O)[C@@]1(C)CCc2c(C)c(O)c(C)c(C)c2O1. The molecule has 0 unspecified atom stereocenters. The number of rotatable bonds is 2. The Morgan fingerprint density at radius 3 is 2.47 bits per heavy atom. The van der Waals surface area contributed by atoms with Crippen molar-refractivity contribution in [2.24, 2.45) is 0 Å². The van der Waals surface area contributed by atoms with Gasteiger partial charge in [-0.3, -0.25) is 4.79 Å². The third-order valence-corrected chi connectivity index (χ3v) is 4.43. The molecular weight excluding hydrogens is 240 g/mol. The highest BCUT2D eigenvalue weighted by molar-refractivity contribution is 5.87. The van der Waals surface area contributed by atoms with E-state index in [0.717, 1.165) is 34.4 Å². The molecule has 0 saturated carbocycles. The largest absolute Gasteiger partial charge is 0.507 e. The number of Topliss-reactive ketones (excluding diaryl/α,β-unsaturated/α-hetero) is 1. The highest BCUT2D eigenvalue weighted by Crippen LogP contribution is 2.43. The van der Waals surface area contributed by atoms with Crippen LogP contribution in [0.1, 0.15) is 48.9 Å². The second kappa shape index (κ2) is 4.55. The van der Waals surface area contributed by atoms with Crippen molar-refractivity contribution in [3.63, 3.8) is 0 Å². The lowest BCUT2D eigenvalue weighted by molar-refractivity contribution is -0.134. The fraction of sp³-hybridized carbons (Fsp3) is 0.562. The van der Waals surface area contributed by atoms with Crippen LogP contribution in [-0.2, 0) is 11.2 Å². The van der Waals surface area contributed by atoms with Crippen molar-refractivity contribution in [1.82, 2.24) is 0 Å². The van der Waals surface area contributed by atoms with Crippen LogP contribution in [0, 0.1) is 20.8 Å². The lowest BCUT2D eigenvalue weighted by Gasteiger charge is -2.36. The quantitative estimate of drug-likeness (QED) is 0.888. The van der Waals surface area contributed by atoms with Crippen LogP contribution in [0.3, 0.4) is 0 Å². The van der Waals surface area contributed by atoms with Gasteiger partial charge in [-0.15, -0.1) is 0 Å². The molecule has 1 aromatic carbocycles. The molecule has 1 aliphatic rings. The van der Waals surface area contributed by atoms with Crippen LogP contribution in [0.4, 0.5) is 0 Å². The van der Waals surface area contributed by atoms with Gasteiger partial charge in [0.25, 0.3) is 0 Å². The van der Waals surface area contributed by atoms with E-state index in [-0.39, 0.29) is 5.78 Å². The molecule has 1 heterocycles. The summed E-state index contributed by atoms with van der Waals surface area (Å²) in [6.07, 6.45) is 1.94. The third-order valence-electron chi connectivity index (χ3n) is 4.43. The summed E-state index contributed by atoms with van der Waals surface area (Å²) < 4.78 is 6.06. The Kier molecular flexibility index (Phi) is 3.33. The number of fused-ring (bicyclic) bond motifs is 1. The maximum atomic E-state index is 12.1. The predicted octanol–water partition coefficient (Wildman–Crippen LogP) is 3.38. The van der Waals surface area contributed by atoms with Gasteiger partial charge in [-0.2, -0.15) is 0 Å². The monoisotopic (exact) mass is 262 g/mol. The van der Waals surface area contributed by atoms with E-state index in [1.807, 2.05) is 34.6 Å². The summed E-state index contributed by atoms with van der Waals surface area (Å²) in [5, 5.41) is 10.1. The molecule has 1 N–H and O–H groups in total. The first-order valence-electron chi connectivity index (χ1n) is 6.85. The Labute approximate surface area is 114 Å². The molecule has 0 radical (unpaired) electrons. The van der Waals surface area contributed by atoms with Crippen molar-refractivity contribution in [3.05, 3.63) is 22.3 Å². The molecule has 0 spiro atoms. The summed E-state index contributed by atoms with van der Waals surface area (Å²) in [5.74, 6) is 1.29. The molecule has 0 fully saturated rings. The first-order valence-corrected chi connectivity index (χ1v) is 6.85. The summed E-state index contributed by atoms with van der Waals surface area (Å²) >= 11 is 0. The molecule has 3 nitrogen and oxygen atoms in total. The Morgan fingerprint density at radius 2 is 1.89 bits per heavy atom. The van der Waals surface area contributed by atoms with E-state index >= 15 is 0 Å². The number of hydrogen-bond acceptors (Lipinski definition) is 3. The molecule has 3 heteroatoms. The van der Waals surface area contributed by atoms with Crippen molar-refractivity contribution in [1.29, 1.82) is 0 Å².